The smallest absolute Gasteiger partial charge is 0.269 e. The molecule has 1 heterocycles. The summed E-state index contributed by atoms with van der Waals surface area (Å²) < 4.78 is 5.63. The van der Waals surface area contributed by atoms with Gasteiger partial charge >= 0.3 is 0 Å². The van der Waals surface area contributed by atoms with E-state index >= 15 is 0 Å². The van der Waals surface area contributed by atoms with Crippen LogP contribution in [-0.4, -0.2) is 23.0 Å². The quantitative estimate of drug-likeness (QED) is 0.477. The first-order chi connectivity index (χ1) is 9.70. The monoisotopic (exact) mass is 275 g/mol. The van der Waals surface area contributed by atoms with Crippen molar-refractivity contribution in [3.05, 3.63) is 46.5 Å². The molecule has 2 aromatic rings. The van der Waals surface area contributed by atoms with Gasteiger partial charge in [0.1, 0.15) is 0 Å². The molecule has 0 amide bonds. The molecule has 0 aliphatic carbocycles. The number of nitrogens with zero attached hydrogens (tertiary/aromatic N) is 2. The molecule has 2 rings (SSSR count). The summed E-state index contributed by atoms with van der Waals surface area (Å²) in [5.74, 6) is 1.30. The minimum Gasteiger partial charge on any atom is -0.441 e. The maximum atomic E-state index is 10.6. The molecular weight excluding hydrogens is 258 g/mol. The minimum absolute atomic E-state index is 0.0669. The van der Waals surface area contributed by atoms with E-state index < -0.39 is 4.92 Å². The van der Waals surface area contributed by atoms with Crippen LogP contribution in [0, 0.1) is 10.1 Å². The molecular formula is C14H17N3O3. The van der Waals surface area contributed by atoms with Gasteiger partial charge in [-0.15, -0.1) is 0 Å². The van der Waals surface area contributed by atoms with Gasteiger partial charge in [0.2, 0.25) is 0 Å². The molecule has 20 heavy (non-hydrogen) atoms. The minimum atomic E-state index is -0.422. The van der Waals surface area contributed by atoms with Gasteiger partial charge in [-0.2, -0.15) is 0 Å². The molecule has 1 aromatic carbocycles. The number of rotatable bonds is 7. The Labute approximate surface area is 117 Å². The van der Waals surface area contributed by atoms with Gasteiger partial charge in [-0.05, 0) is 25.1 Å². The van der Waals surface area contributed by atoms with Crippen LogP contribution in [0.15, 0.2) is 34.9 Å². The van der Waals surface area contributed by atoms with E-state index in [4.69, 9.17) is 4.42 Å². The average Bonchev–Trinajstić information content (AvgIpc) is 2.92. The lowest BCUT2D eigenvalue weighted by Gasteiger charge is -1.99. The number of nitro groups is 1. The zero-order valence-corrected chi connectivity index (χ0v) is 11.3. The fourth-order valence-electron chi connectivity index (χ4n) is 1.80. The SMILES string of the molecule is CCCNCCc1ncc(-c2ccc([N+](=O)[O-])cc2)o1. The van der Waals surface area contributed by atoms with Gasteiger partial charge in [0.15, 0.2) is 11.7 Å². The van der Waals surface area contributed by atoms with Crippen LogP contribution in [0.3, 0.4) is 0 Å². The number of non-ortho nitro benzene ring substituents is 1. The first-order valence-corrected chi connectivity index (χ1v) is 6.61. The van der Waals surface area contributed by atoms with Crippen LogP contribution in [0.1, 0.15) is 19.2 Å². The fourth-order valence-corrected chi connectivity index (χ4v) is 1.80. The Bertz CT molecular complexity index is 563. The normalized spacial score (nSPS) is 10.7. The van der Waals surface area contributed by atoms with Crippen molar-refractivity contribution in [3.8, 4) is 11.3 Å². The third kappa shape index (κ3) is 3.64. The second-order valence-corrected chi connectivity index (χ2v) is 4.42. The molecule has 0 aliphatic heterocycles. The van der Waals surface area contributed by atoms with Crippen LogP contribution in [0.25, 0.3) is 11.3 Å². The van der Waals surface area contributed by atoms with E-state index in [0.29, 0.717) is 11.7 Å². The van der Waals surface area contributed by atoms with E-state index in [1.54, 1.807) is 18.3 Å². The molecule has 0 saturated heterocycles. The van der Waals surface area contributed by atoms with E-state index in [9.17, 15) is 10.1 Å². The summed E-state index contributed by atoms with van der Waals surface area (Å²) in [5.41, 5.74) is 0.855. The summed E-state index contributed by atoms with van der Waals surface area (Å²) in [6.45, 7) is 3.93. The summed E-state index contributed by atoms with van der Waals surface area (Å²) >= 11 is 0. The van der Waals surface area contributed by atoms with Gasteiger partial charge in [0.05, 0.1) is 11.1 Å². The van der Waals surface area contributed by atoms with Crippen molar-refractivity contribution in [1.29, 1.82) is 0 Å². The summed E-state index contributed by atoms with van der Waals surface area (Å²) in [4.78, 5) is 14.4. The fraction of sp³-hybridized carbons (Fsp3) is 0.357. The molecule has 0 aliphatic rings. The predicted octanol–water partition coefficient (Wildman–Crippen LogP) is 2.79. The third-order valence-corrected chi connectivity index (χ3v) is 2.86. The molecule has 6 heteroatoms. The molecule has 1 aromatic heterocycles. The van der Waals surface area contributed by atoms with Crippen LogP contribution < -0.4 is 5.32 Å². The van der Waals surface area contributed by atoms with Gasteiger partial charge < -0.3 is 9.73 Å². The van der Waals surface area contributed by atoms with Crippen molar-refractivity contribution >= 4 is 5.69 Å². The van der Waals surface area contributed by atoms with E-state index in [1.807, 2.05) is 0 Å². The van der Waals surface area contributed by atoms with Crippen LogP contribution in [-0.2, 0) is 6.42 Å². The van der Waals surface area contributed by atoms with Crippen LogP contribution in [0.2, 0.25) is 0 Å². The summed E-state index contributed by atoms with van der Waals surface area (Å²) in [6, 6.07) is 6.25. The van der Waals surface area contributed by atoms with E-state index in [2.05, 4.69) is 17.2 Å². The molecule has 0 fully saturated rings. The molecule has 0 radical (unpaired) electrons. The summed E-state index contributed by atoms with van der Waals surface area (Å²) in [5, 5.41) is 13.9. The van der Waals surface area contributed by atoms with Crippen molar-refractivity contribution in [2.45, 2.75) is 19.8 Å². The van der Waals surface area contributed by atoms with Crippen molar-refractivity contribution in [2.24, 2.45) is 0 Å². The maximum absolute atomic E-state index is 10.6. The van der Waals surface area contributed by atoms with E-state index in [-0.39, 0.29) is 5.69 Å². The Morgan fingerprint density at radius 1 is 1.30 bits per heavy atom. The highest BCUT2D eigenvalue weighted by molar-refractivity contribution is 5.58. The Hall–Kier alpha value is -2.21. The van der Waals surface area contributed by atoms with Gasteiger partial charge in [-0.25, -0.2) is 4.98 Å². The predicted molar refractivity (Wildman–Crippen MR) is 75.5 cm³/mol. The molecule has 106 valence electrons. The lowest BCUT2D eigenvalue weighted by Crippen LogP contribution is -2.17. The number of benzene rings is 1. The lowest BCUT2D eigenvalue weighted by molar-refractivity contribution is -0.384. The number of nitrogens with one attached hydrogen (secondary N) is 1. The van der Waals surface area contributed by atoms with E-state index in [1.165, 1.54) is 12.1 Å². The summed E-state index contributed by atoms with van der Waals surface area (Å²) in [6.07, 6.45) is 3.48. The van der Waals surface area contributed by atoms with Crippen LogP contribution in [0.5, 0.6) is 0 Å². The first kappa shape index (κ1) is 14.2. The van der Waals surface area contributed by atoms with E-state index in [0.717, 1.165) is 31.5 Å². The van der Waals surface area contributed by atoms with Crippen molar-refractivity contribution in [3.63, 3.8) is 0 Å². The van der Waals surface area contributed by atoms with Crippen LogP contribution >= 0.6 is 0 Å². The Morgan fingerprint density at radius 3 is 2.70 bits per heavy atom. The van der Waals surface area contributed by atoms with Crippen molar-refractivity contribution in [2.75, 3.05) is 13.1 Å². The van der Waals surface area contributed by atoms with Crippen molar-refractivity contribution in [1.82, 2.24) is 10.3 Å². The molecule has 0 unspecified atom stereocenters. The first-order valence-electron chi connectivity index (χ1n) is 6.61. The highest BCUT2D eigenvalue weighted by Gasteiger charge is 2.09. The number of oxazole rings is 1. The maximum Gasteiger partial charge on any atom is 0.269 e. The molecule has 0 saturated carbocycles. The second-order valence-electron chi connectivity index (χ2n) is 4.42. The third-order valence-electron chi connectivity index (χ3n) is 2.86. The molecule has 0 bridgehead atoms. The highest BCUT2D eigenvalue weighted by atomic mass is 16.6. The van der Waals surface area contributed by atoms with Crippen molar-refractivity contribution < 1.29 is 9.34 Å². The molecule has 6 nitrogen and oxygen atoms in total. The van der Waals surface area contributed by atoms with Crippen LogP contribution in [0.4, 0.5) is 5.69 Å². The highest BCUT2D eigenvalue weighted by Crippen LogP contribution is 2.23. The van der Waals surface area contributed by atoms with Gasteiger partial charge in [0, 0.05) is 30.7 Å². The Balaban J connectivity index is 1.99. The average molecular weight is 275 g/mol. The number of nitro benzene ring substituents is 1. The number of aromatic nitrogens is 1. The number of hydrogen-bond donors (Lipinski definition) is 1. The zero-order valence-electron chi connectivity index (χ0n) is 11.3. The topological polar surface area (TPSA) is 81.2 Å². The zero-order chi connectivity index (χ0) is 14.4. The van der Waals surface area contributed by atoms with Gasteiger partial charge in [-0.3, -0.25) is 10.1 Å². The standard InChI is InChI=1S/C14H17N3O3/c1-2-8-15-9-7-14-16-10-13(20-14)11-3-5-12(6-4-11)17(18)19/h3-6,10,15H,2,7-9H2,1H3. The van der Waals surface area contributed by atoms with Gasteiger partial charge in [-0.1, -0.05) is 6.92 Å². The molecule has 1 N–H and O–H groups in total. The molecule has 0 atom stereocenters. The number of hydrogen-bond acceptors (Lipinski definition) is 5. The molecule has 0 spiro atoms. The Kier molecular flexibility index (Phi) is 4.84. The summed E-state index contributed by atoms with van der Waals surface area (Å²) in [7, 11) is 0. The lowest BCUT2D eigenvalue weighted by atomic mass is 10.2. The Morgan fingerprint density at radius 2 is 2.05 bits per heavy atom. The van der Waals surface area contributed by atoms with Gasteiger partial charge in [0.25, 0.3) is 5.69 Å². The second kappa shape index (κ2) is 6.81. The largest absolute Gasteiger partial charge is 0.441 e.